The van der Waals surface area contributed by atoms with Crippen LogP contribution in [0.15, 0.2) is 35.1 Å². The fraction of sp³-hybridized carbons (Fsp3) is 0.476. The molecular formula is C21H26BrN5O2. The first-order valence-electron chi connectivity index (χ1n) is 9.97. The molecule has 2 heterocycles. The zero-order chi connectivity index (χ0) is 20.5. The number of nitrogens with zero attached hydrogens (tertiary/aromatic N) is 4. The van der Waals surface area contributed by atoms with Crippen molar-refractivity contribution in [1.82, 2.24) is 14.9 Å². The highest BCUT2D eigenvalue weighted by atomic mass is 79.9. The van der Waals surface area contributed by atoms with Crippen molar-refractivity contribution in [2.45, 2.75) is 37.5 Å². The van der Waals surface area contributed by atoms with E-state index < -0.39 is 6.10 Å². The molecule has 2 unspecified atom stereocenters. The van der Waals surface area contributed by atoms with Crippen LogP contribution in [0.2, 0.25) is 0 Å². The number of nitrogens with two attached hydrogens (primary N) is 1. The third-order valence-electron chi connectivity index (χ3n) is 6.08. The summed E-state index contributed by atoms with van der Waals surface area (Å²) in [5.41, 5.74) is 9.25. The van der Waals surface area contributed by atoms with Crippen molar-refractivity contribution in [1.29, 1.82) is 0 Å². The minimum Gasteiger partial charge on any atom is -0.387 e. The highest BCUT2D eigenvalue weighted by Crippen LogP contribution is 2.42. The molecule has 0 saturated carbocycles. The Hall–Kier alpha value is -1.87. The molecule has 7 nitrogen and oxygen atoms in total. The van der Waals surface area contributed by atoms with Gasteiger partial charge in [0.2, 0.25) is 0 Å². The van der Waals surface area contributed by atoms with Gasteiger partial charge in [0.1, 0.15) is 18.4 Å². The molecule has 3 N–H and O–H groups in total. The molecule has 2 aromatic rings. The van der Waals surface area contributed by atoms with Gasteiger partial charge in [0.15, 0.2) is 0 Å². The Morgan fingerprint density at radius 1 is 1.21 bits per heavy atom. The second-order valence-electron chi connectivity index (χ2n) is 7.88. The van der Waals surface area contributed by atoms with Gasteiger partial charge in [0.05, 0.1) is 23.9 Å². The number of halogens is 1. The third kappa shape index (κ3) is 3.94. The minimum atomic E-state index is -0.504. The van der Waals surface area contributed by atoms with Crippen LogP contribution < -0.4 is 10.6 Å². The van der Waals surface area contributed by atoms with Crippen molar-refractivity contribution in [3.8, 4) is 0 Å². The van der Waals surface area contributed by atoms with E-state index in [4.69, 9.17) is 5.73 Å². The molecule has 1 saturated heterocycles. The van der Waals surface area contributed by atoms with Crippen LogP contribution in [0, 0.1) is 0 Å². The summed E-state index contributed by atoms with van der Waals surface area (Å²) in [6, 6.07) is 7.75. The van der Waals surface area contributed by atoms with Gasteiger partial charge in [-0.2, -0.15) is 0 Å². The van der Waals surface area contributed by atoms with E-state index in [1.165, 1.54) is 0 Å². The number of aldehydes is 1. The van der Waals surface area contributed by atoms with E-state index >= 15 is 0 Å². The summed E-state index contributed by atoms with van der Waals surface area (Å²) < 4.78 is 0.977. The maximum absolute atomic E-state index is 11.8. The molecule has 4 rings (SSSR count). The van der Waals surface area contributed by atoms with Gasteiger partial charge in [0.25, 0.3) is 0 Å². The molecule has 8 heteroatoms. The molecule has 1 aromatic carbocycles. The van der Waals surface area contributed by atoms with E-state index in [0.717, 1.165) is 59.6 Å². The number of carbonyl (C=O) groups excluding carboxylic acids is 1. The van der Waals surface area contributed by atoms with E-state index in [2.05, 4.69) is 42.6 Å². The molecule has 154 valence electrons. The highest BCUT2D eigenvalue weighted by molar-refractivity contribution is 9.10. The highest BCUT2D eigenvalue weighted by Gasteiger charge is 2.34. The number of rotatable bonds is 5. The average molecular weight is 460 g/mol. The third-order valence-corrected chi connectivity index (χ3v) is 6.61. The number of piperazine rings is 1. The summed E-state index contributed by atoms with van der Waals surface area (Å²) in [5.74, 6) is 0.800. The minimum absolute atomic E-state index is 0.244. The molecular weight excluding hydrogens is 434 g/mol. The SMILES string of the molecule is C[C@@H]1C[C@@H](O)c2ncnc(N3CCN(C(N)C(C=O)c4ccc(Br)cc4)CC3)c21. The van der Waals surface area contributed by atoms with Crippen LogP contribution in [0.5, 0.6) is 0 Å². The van der Waals surface area contributed by atoms with E-state index in [9.17, 15) is 9.90 Å². The topological polar surface area (TPSA) is 95.6 Å². The maximum Gasteiger partial charge on any atom is 0.135 e. The van der Waals surface area contributed by atoms with Crippen molar-refractivity contribution in [2.75, 3.05) is 31.1 Å². The van der Waals surface area contributed by atoms with Crippen LogP contribution >= 0.6 is 15.9 Å². The van der Waals surface area contributed by atoms with Crippen molar-refractivity contribution in [3.05, 3.63) is 51.9 Å². The molecule has 0 amide bonds. The second-order valence-corrected chi connectivity index (χ2v) is 8.79. The number of aromatic nitrogens is 2. The standard InChI is InChI=1S/C21H26BrN5O2/c1-13-10-17(29)19-18(13)21(25-12-24-19)27-8-6-26(7-9-27)20(23)16(11-28)14-2-4-15(22)5-3-14/h2-5,11-13,16-17,20,29H,6-10,23H2,1H3/t13-,16?,17-,20?/m1/s1. The first-order chi connectivity index (χ1) is 14.0. The Labute approximate surface area is 179 Å². The van der Waals surface area contributed by atoms with E-state index in [1.807, 2.05) is 24.3 Å². The molecule has 1 aliphatic carbocycles. The van der Waals surface area contributed by atoms with Crippen molar-refractivity contribution >= 4 is 28.0 Å². The molecule has 1 aliphatic heterocycles. The summed E-state index contributed by atoms with van der Waals surface area (Å²) in [7, 11) is 0. The molecule has 29 heavy (non-hydrogen) atoms. The number of aliphatic hydroxyl groups is 1. The van der Waals surface area contributed by atoms with Gasteiger partial charge < -0.3 is 20.5 Å². The van der Waals surface area contributed by atoms with Crippen molar-refractivity contribution < 1.29 is 9.90 Å². The molecule has 4 atom stereocenters. The number of fused-ring (bicyclic) bond motifs is 1. The lowest BCUT2D eigenvalue weighted by Gasteiger charge is -2.40. The summed E-state index contributed by atoms with van der Waals surface area (Å²) in [5, 5.41) is 10.2. The Kier molecular flexibility index (Phi) is 5.96. The van der Waals surface area contributed by atoms with Gasteiger partial charge in [-0.25, -0.2) is 9.97 Å². The normalized spacial score (nSPS) is 24.2. The predicted octanol–water partition coefficient (Wildman–Crippen LogP) is 2.17. The summed E-state index contributed by atoms with van der Waals surface area (Å²) >= 11 is 3.43. The average Bonchev–Trinajstić information content (AvgIpc) is 3.04. The molecule has 0 radical (unpaired) electrons. The summed E-state index contributed by atoms with van der Waals surface area (Å²) in [6.07, 6.45) is 2.31. The molecule has 2 aliphatic rings. The van der Waals surface area contributed by atoms with Gasteiger partial charge in [-0.1, -0.05) is 35.0 Å². The van der Waals surface area contributed by atoms with Gasteiger partial charge in [-0.3, -0.25) is 4.90 Å². The molecule has 0 bridgehead atoms. The first kappa shape index (κ1) is 20.4. The Morgan fingerprint density at radius 3 is 2.55 bits per heavy atom. The maximum atomic E-state index is 11.8. The van der Waals surface area contributed by atoms with E-state index in [1.54, 1.807) is 6.33 Å². The van der Waals surface area contributed by atoms with Crippen LogP contribution in [0.1, 0.15) is 48.1 Å². The zero-order valence-corrected chi connectivity index (χ0v) is 18.0. The Balaban J connectivity index is 1.46. The smallest absolute Gasteiger partial charge is 0.135 e. The lowest BCUT2D eigenvalue weighted by Crippen LogP contribution is -2.55. The van der Waals surface area contributed by atoms with Crippen LogP contribution in [-0.4, -0.2) is 58.6 Å². The van der Waals surface area contributed by atoms with Gasteiger partial charge in [-0.15, -0.1) is 0 Å². The number of hydrogen-bond donors (Lipinski definition) is 2. The zero-order valence-electron chi connectivity index (χ0n) is 16.4. The molecule has 0 spiro atoms. The quantitative estimate of drug-likeness (QED) is 0.661. The number of anilines is 1. The van der Waals surface area contributed by atoms with Gasteiger partial charge in [0, 0.05) is 36.2 Å². The number of carbonyl (C=O) groups is 1. The Morgan fingerprint density at radius 2 is 1.90 bits per heavy atom. The largest absolute Gasteiger partial charge is 0.387 e. The van der Waals surface area contributed by atoms with Gasteiger partial charge in [-0.05, 0) is 30.0 Å². The summed E-state index contributed by atoms with van der Waals surface area (Å²) in [6.45, 7) is 5.15. The fourth-order valence-electron chi connectivity index (χ4n) is 4.45. The molecule has 1 aromatic heterocycles. The van der Waals surface area contributed by atoms with Crippen LogP contribution in [0.4, 0.5) is 5.82 Å². The van der Waals surface area contributed by atoms with Crippen LogP contribution in [-0.2, 0) is 4.79 Å². The molecule has 1 fully saturated rings. The van der Waals surface area contributed by atoms with E-state index in [0.29, 0.717) is 6.42 Å². The Bertz CT molecular complexity index is 870. The second kappa shape index (κ2) is 8.47. The lowest BCUT2D eigenvalue weighted by atomic mass is 9.96. The van der Waals surface area contributed by atoms with Crippen molar-refractivity contribution in [2.24, 2.45) is 5.73 Å². The summed E-state index contributed by atoms with van der Waals surface area (Å²) in [4.78, 5) is 25.0. The lowest BCUT2D eigenvalue weighted by molar-refractivity contribution is -0.110. The first-order valence-corrected chi connectivity index (χ1v) is 10.8. The number of benzene rings is 1. The fourth-order valence-corrected chi connectivity index (χ4v) is 4.72. The predicted molar refractivity (Wildman–Crippen MR) is 115 cm³/mol. The monoisotopic (exact) mass is 459 g/mol. The van der Waals surface area contributed by atoms with Crippen LogP contribution in [0.3, 0.4) is 0 Å². The van der Waals surface area contributed by atoms with E-state index in [-0.39, 0.29) is 18.0 Å². The number of hydrogen-bond acceptors (Lipinski definition) is 7. The van der Waals surface area contributed by atoms with Crippen LogP contribution in [0.25, 0.3) is 0 Å². The van der Waals surface area contributed by atoms with Gasteiger partial charge >= 0.3 is 0 Å². The number of aliphatic hydroxyl groups excluding tert-OH is 1. The van der Waals surface area contributed by atoms with Crippen molar-refractivity contribution in [3.63, 3.8) is 0 Å².